The molecule has 0 aromatic heterocycles. The normalized spacial score (nSPS) is 1.33. The molecule has 0 unspecified atom stereocenters. The van der Waals surface area contributed by atoms with Gasteiger partial charge < -0.3 is 21.9 Å². The first-order chi connectivity index (χ1) is 2.00. The molecule has 0 aliphatic carbocycles. The van der Waals surface area contributed by atoms with Gasteiger partial charge in [-0.1, -0.05) is 0 Å². The predicted molar refractivity (Wildman–Crippen MR) is 38.4 cm³/mol. The summed E-state index contributed by atoms with van der Waals surface area (Å²) in [7, 11) is 0. The summed E-state index contributed by atoms with van der Waals surface area (Å²) < 4.78 is 14.2. The summed E-state index contributed by atoms with van der Waals surface area (Å²) in [5.74, 6) is 0. The van der Waals surface area contributed by atoms with Gasteiger partial charge in [-0.3, -0.25) is 0 Å². The van der Waals surface area contributed by atoms with E-state index in [-0.39, 0.29) is 59.6 Å². The standard InChI is InChI=1S/3Ca.2N.4H2O/h;;;;;4*1H2/q;;+2;2*-1;;;;. The molecule has 8 N–H and O–H groups in total. The molecule has 0 spiro atoms. The molecule has 0 fully saturated rings. The molecule has 0 saturated carbocycles. The SMILES string of the molecule is O.O.O.O.[Ca+2].[N-]=[Ca].[N-]=[Ca]. The van der Waals surface area contributed by atoms with Crippen LogP contribution in [0.25, 0.3) is 3.64 Å². The predicted octanol–water partition coefficient (Wildman–Crippen LogP) is -3.86. The summed E-state index contributed by atoms with van der Waals surface area (Å²) in [6.07, 6.45) is 0. The van der Waals surface area contributed by atoms with Gasteiger partial charge in [0, 0.05) is 0 Å². The summed E-state index contributed by atoms with van der Waals surface area (Å²) in [5, 5.41) is 0. The quantitative estimate of drug-likeness (QED) is 0.364. The van der Waals surface area contributed by atoms with Gasteiger partial charge in [0.1, 0.15) is 0 Å². The molecule has 0 atom stereocenters. The van der Waals surface area contributed by atoms with Crippen LogP contribution in [0.1, 0.15) is 0 Å². The molecule has 9 heavy (non-hydrogen) atoms. The average Bonchev–Trinajstić information content (AvgIpc) is 1.50. The van der Waals surface area contributed by atoms with Crippen LogP contribution in [0.4, 0.5) is 0 Å². The molecular weight excluding hydrogens is 212 g/mol. The second-order valence-electron chi connectivity index (χ2n) is 0. The van der Waals surface area contributed by atoms with E-state index >= 15 is 0 Å². The summed E-state index contributed by atoms with van der Waals surface area (Å²) >= 11 is 0.750. The Kier molecular flexibility index (Phi) is 709. The van der Waals surface area contributed by atoms with Gasteiger partial charge in [-0.25, -0.2) is 0 Å². The molecule has 0 rings (SSSR count). The van der Waals surface area contributed by atoms with E-state index in [0.29, 0.717) is 71.3 Å². The van der Waals surface area contributed by atoms with Crippen LogP contribution in [0.5, 0.6) is 0 Å². The van der Waals surface area contributed by atoms with Crippen molar-refractivity contribution in [2.75, 3.05) is 0 Å². The molecule has 0 radical (unpaired) electrons. The third-order valence-corrected chi connectivity index (χ3v) is 0. The fraction of sp³-hybridized carbons (Fsp3) is 0. The Hall–Kier alpha value is 3.22. The first-order valence-corrected chi connectivity index (χ1v) is 2.61. The van der Waals surface area contributed by atoms with Gasteiger partial charge >= 0.3 is 113 Å². The van der Waals surface area contributed by atoms with Crippen molar-refractivity contribution in [1.29, 1.82) is 0 Å². The fourth-order valence-corrected chi connectivity index (χ4v) is 0. The van der Waals surface area contributed by atoms with Gasteiger partial charge in [0.05, 0.1) is 0 Å². The molecule has 0 aliphatic rings. The van der Waals surface area contributed by atoms with Crippen molar-refractivity contribution in [3.05, 3.63) is 3.64 Å². The van der Waals surface area contributed by atoms with E-state index in [9.17, 15) is 0 Å². The Labute approximate surface area is 131 Å². The zero-order chi connectivity index (χ0) is 4.00. The molecule has 0 amide bonds. The first kappa shape index (κ1) is 56.5. The van der Waals surface area contributed by atoms with Crippen molar-refractivity contribution in [2.45, 2.75) is 0 Å². The minimum absolute atomic E-state index is 0. The van der Waals surface area contributed by atoms with E-state index in [1.165, 1.54) is 0 Å². The maximum atomic E-state index is 7.12. The van der Waals surface area contributed by atoms with Crippen molar-refractivity contribution in [3.63, 3.8) is 0 Å². The number of nitrogens with zero attached hydrogens (tertiary/aromatic N) is 2. The first-order valence-electron chi connectivity index (χ1n) is 0.632. The maximum absolute atomic E-state index is 7.12. The van der Waals surface area contributed by atoms with Crippen LogP contribution >= 0.6 is 0 Å². The molecule has 0 saturated heterocycles. The topological polar surface area (TPSA) is 171 Å². The Morgan fingerprint density at radius 3 is 0.556 bits per heavy atom. The monoisotopic (exact) mass is 220 g/mol. The van der Waals surface area contributed by atoms with Crippen LogP contribution in [0.3, 0.4) is 0 Å². The van der Waals surface area contributed by atoms with Crippen molar-refractivity contribution in [1.82, 2.24) is 0 Å². The molecule has 0 aromatic carbocycles. The number of hydrogen-bond acceptors (Lipinski definition) is 0. The second kappa shape index (κ2) is 113. The van der Waals surface area contributed by atoms with Crippen molar-refractivity contribution >= 4 is 109 Å². The minimum atomic E-state index is 0. The van der Waals surface area contributed by atoms with E-state index in [4.69, 9.17) is 3.64 Å². The molecule has 48 valence electrons. The van der Waals surface area contributed by atoms with Crippen LogP contribution in [-0.4, -0.2) is 131 Å². The Morgan fingerprint density at radius 1 is 0.556 bits per heavy atom. The molecule has 0 aromatic rings. The van der Waals surface area contributed by atoms with E-state index in [2.05, 4.69) is 0 Å². The summed E-state index contributed by atoms with van der Waals surface area (Å²) in [6.45, 7) is 0. The summed E-state index contributed by atoms with van der Waals surface area (Å²) in [6, 6.07) is 0. The molecule has 6 nitrogen and oxygen atoms in total. The Bertz CT molecular complexity index is 15.8. The molecular formula is H8Ca3N2O4. The van der Waals surface area contributed by atoms with Crippen molar-refractivity contribution in [3.8, 4) is 0 Å². The third-order valence-electron chi connectivity index (χ3n) is 0. The number of rotatable bonds is 0. The summed E-state index contributed by atoms with van der Waals surface area (Å²) in [4.78, 5) is 0. The Morgan fingerprint density at radius 2 is 0.556 bits per heavy atom. The van der Waals surface area contributed by atoms with Crippen molar-refractivity contribution < 1.29 is 21.9 Å². The third kappa shape index (κ3) is 92.0. The van der Waals surface area contributed by atoms with E-state index < -0.39 is 0 Å². The molecule has 0 bridgehead atoms. The van der Waals surface area contributed by atoms with Crippen LogP contribution in [-0.2, 0) is 0 Å². The van der Waals surface area contributed by atoms with Crippen LogP contribution in [0, 0.1) is 0 Å². The molecule has 0 heterocycles. The number of hydrogen-bond donors (Lipinski definition) is 0. The average molecular weight is 220 g/mol. The second-order valence-corrected chi connectivity index (χ2v) is 0. The molecule has 9 heteroatoms. The zero-order valence-corrected chi connectivity index (χ0v) is 11.6. The van der Waals surface area contributed by atoms with Crippen LogP contribution in [0.15, 0.2) is 0 Å². The van der Waals surface area contributed by atoms with Gasteiger partial charge in [0.2, 0.25) is 0 Å². The fourth-order valence-electron chi connectivity index (χ4n) is 0. The Balaban J connectivity index is -0.00000000114. The van der Waals surface area contributed by atoms with Gasteiger partial charge in [-0.05, 0) is 0 Å². The van der Waals surface area contributed by atoms with Crippen LogP contribution < -0.4 is 0 Å². The molecule has 0 aliphatic heterocycles. The van der Waals surface area contributed by atoms with Gasteiger partial charge in [-0.15, -0.1) is 0 Å². The van der Waals surface area contributed by atoms with Gasteiger partial charge in [0.15, 0.2) is 0 Å². The zero-order valence-electron chi connectivity index (χ0n) is 5.02. The van der Waals surface area contributed by atoms with Gasteiger partial charge in [-0.2, -0.15) is 0 Å². The van der Waals surface area contributed by atoms with Crippen molar-refractivity contribution in [2.24, 2.45) is 0 Å². The van der Waals surface area contributed by atoms with Crippen LogP contribution in [0.2, 0.25) is 0 Å². The summed E-state index contributed by atoms with van der Waals surface area (Å²) in [5.41, 5.74) is 0. The van der Waals surface area contributed by atoms with Gasteiger partial charge in [0.25, 0.3) is 0 Å². The van der Waals surface area contributed by atoms with E-state index in [0.717, 1.165) is 0 Å². The van der Waals surface area contributed by atoms with E-state index in [1.54, 1.807) is 0 Å². The van der Waals surface area contributed by atoms with E-state index in [1.807, 2.05) is 0 Å².